The molecule has 0 aliphatic carbocycles. The van der Waals surface area contributed by atoms with Gasteiger partial charge in [0.05, 0.1) is 0 Å². The van der Waals surface area contributed by atoms with Crippen LogP contribution >= 0.6 is 19.8 Å². The quantitative estimate of drug-likeness (QED) is 0.161. The van der Waals surface area contributed by atoms with Gasteiger partial charge in [-0.25, -0.2) is 0 Å². The van der Waals surface area contributed by atoms with Crippen molar-refractivity contribution in [2.75, 3.05) is 0 Å². The van der Waals surface area contributed by atoms with E-state index in [9.17, 15) is 0 Å². The summed E-state index contributed by atoms with van der Waals surface area (Å²) in [6, 6.07) is 0. The Morgan fingerprint density at radius 3 is 0.0481 bits per heavy atom. The van der Waals surface area contributed by atoms with Crippen molar-refractivity contribution >= 4 is 19.8 Å². The van der Waals surface area contributed by atoms with E-state index in [1.807, 2.05) is 0 Å². The molecule has 2 unspecified atom stereocenters. The maximum absolute atomic E-state index is 0. The van der Waals surface area contributed by atoms with Gasteiger partial charge in [0, 0.05) is 447 Å². The van der Waals surface area contributed by atoms with Crippen LogP contribution in [-0.4, -0.2) is 383 Å². The van der Waals surface area contributed by atoms with Crippen LogP contribution in [0.3, 0.4) is 0 Å². The topological polar surface area (TPSA) is 2200 Å². The van der Waals surface area contributed by atoms with Crippen LogP contribution in [0.15, 0.2) is 0 Å². The van der Waals surface area contributed by atoms with Gasteiger partial charge in [-0.15, -0.1) is 0 Å². The first-order valence-corrected chi connectivity index (χ1v) is 0. The predicted octanol–water partition coefficient (Wildman–Crippen LogP) is -87.6. The summed E-state index contributed by atoms with van der Waals surface area (Å²) < 4.78 is 0. The Bertz CT molecular complexity index is 150. The zero-order valence-corrected chi connectivity index (χ0v) is 146. The molecule has 104 heavy (non-hydrogen) atoms. The smallest absolute Gasteiger partial charge is 0.412 e. The molecule has 0 aromatic rings. The molecule has 0 aliphatic heterocycles. The average Bonchev–Trinajstić information content (AvgIpc) is 0. The second-order valence-electron chi connectivity index (χ2n) is 0. The van der Waals surface area contributed by atoms with E-state index in [0.717, 1.165) is 0 Å². The third-order valence-corrected chi connectivity index (χ3v) is 0. The van der Waals surface area contributed by atoms with Crippen LogP contribution < -0.4 is 514 Å². The van der Waals surface area contributed by atoms with Crippen LogP contribution in [-0.2, 0) is 447 Å². The summed E-state index contributed by atoms with van der Waals surface area (Å²) in [5.41, 5.74) is 0. The Morgan fingerprint density at radius 1 is 0.0481 bits per heavy atom. The molecule has 0 aromatic carbocycles. The first-order chi connectivity index (χ1) is 0. The van der Waals surface area contributed by atoms with E-state index in [4.69, 9.17) is 0 Å². The van der Waals surface area contributed by atoms with Gasteiger partial charge in [-0.2, -0.15) is 19.8 Å². The number of hydrogen-bond donors (Lipinski definition) is 0. The van der Waals surface area contributed by atoms with E-state index in [1.165, 1.54) is 0 Å². The van der Waals surface area contributed by atoms with Crippen molar-refractivity contribution in [3.8, 4) is 0 Å². The van der Waals surface area contributed by atoms with Crippen LogP contribution in [0.1, 0.15) is 0 Å². The van der Waals surface area contributed by atoms with Crippen LogP contribution in [0.4, 0.5) is 0 Å². The summed E-state index contributed by atoms with van der Waals surface area (Å²) in [4.78, 5) is 0. The van der Waals surface area contributed by atoms with Crippen LogP contribution in [0.2, 0.25) is 0 Å². The fourth-order valence-corrected chi connectivity index (χ4v) is 0. The van der Waals surface area contributed by atoms with Crippen molar-refractivity contribution in [2.24, 2.45) is 0 Å². The molecule has 0 saturated heterocycles. The Kier molecular flexibility index (Phi) is 72100. The van der Waals surface area contributed by atoms with Crippen LogP contribution in [0.5, 0.6) is 0 Å². The van der Waals surface area contributed by atoms with E-state index in [1.54, 1.807) is 0 Å². The summed E-state index contributed by atoms with van der Waals surface area (Å²) in [5, 5.41) is 0. The van der Waals surface area contributed by atoms with Gasteiger partial charge in [0.15, 0.2) is 0 Å². The molecule has 0 amide bonds. The molecule has 104 heteroatoms. The van der Waals surface area contributed by atoms with E-state index in [0.29, 0.717) is 0 Å². The van der Waals surface area contributed by atoms with E-state index in [2.05, 4.69) is 0 Å². The van der Waals surface area contributed by atoms with Crippen LogP contribution in [0.25, 0.3) is 0 Å². The maximum atomic E-state index is 0. The van der Waals surface area contributed by atoms with Gasteiger partial charge in [0.2, 0.25) is 0 Å². The zero-order valence-electron chi connectivity index (χ0n) is 55.0. The zero-order chi connectivity index (χ0) is 0. The minimum Gasteiger partial charge on any atom is -0.412 e. The third kappa shape index (κ3) is 2650. The van der Waals surface area contributed by atoms with E-state index in [-0.39, 0.29) is 1360 Å². The van der Waals surface area contributed by atoms with Crippen molar-refractivity contribution in [2.45, 2.75) is 0 Å². The Morgan fingerprint density at radius 2 is 0.0481 bits per heavy atom. The number of rotatable bonds is 0. The molecule has 70 nitrogen and oxygen atoms in total. The Hall–Kier alpha value is 28.9. The maximum Gasteiger partial charge on any atom is 1.00 e. The molecule has 0 aliphatic rings. The fraction of sp³-hybridized carbons (Fsp3) is 0. The first-order valence-electron chi connectivity index (χ1n) is 0. The van der Waals surface area contributed by atoms with Gasteiger partial charge in [0.1, 0.15) is 0 Å². The average molecular weight is 5280 g/mol. The summed E-state index contributed by atoms with van der Waals surface area (Å²) in [5.74, 6) is 0. The van der Waals surface area contributed by atoms with Gasteiger partial charge in [-0.1, -0.05) is 0 Å². The normalized spacial score (nSPS) is 0. The third-order valence-electron chi connectivity index (χ3n) is 0. The van der Waals surface area contributed by atoms with Gasteiger partial charge in [0.25, 0.3) is 0 Å². The molecule has 0 rings (SSSR count). The molecule has 0 saturated carbocycles. The summed E-state index contributed by atoms with van der Waals surface area (Å²) in [6.45, 7) is 0. The van der Waals surface area contributed by atoms with Gasteiger partial charge in [-0.05, 0) is 0 Å². The summed E-state index contributed by atoms with van der Waals surface area (Å²) in [7, 11) is 0. The monoisotopic (exact) mass is 5280 g/mol. The van der Waals surface area contributed by atoms with E-state index < -0.39 is 0 Å². The van der Waals surface area contributed by atoms with E-state index >= 15 is 0 Å². The Balaban J connectivity index is 0. The minimum atomic E-state index is 0. The molecule has 0 fully saturated rings. The SMILES string of the molecule is O.O.O.O.O.O.O.O.O.O.O.O.O.O.O.O.O.O.O.O.O.O.O.O.O.O.O.O.O.O.O.O.O.O.O.O.O.O.O.O.O.O.O.O.O.O.O.O.O.O.O.O.O.O.O.O.O.O.O.O.O.O.O.O.O.O.O.O.O.O.P.P.[Cu].[Cu].[Cu].[Cu].[K+].[K+].[K+].[K+].[K+].[K+].[K+].[K+].[K+].[K+].[W].[W].[W].[W].[W].[W].[W].[W].[W].[W].[W].[W].[W].[W].[W].[W].[W].[W]. The summed E-state index contributed by atoms with van der Waals surface area (Å²) >= 11 is 0. The second kappa shape index (κ2) is 2710. The van der Waals surface area contributed by atoms with Gasteiger partial charge in [-0.3, -0.25) is 0 Å². The molecule has 4 radical (unpaired) electrons. The van der Waals surface area contributed by atoms with Crippen molar-refractivity contribution in [1.29, 1.82) is 0 Å². The molecule has 2 atom stereocenters. The van der Waals surface area contributed by atoms with Gasteiger partial charge >= 0.3 is 514 Å². The first kappa shape index (κ1) is 2770. The molecule has 0 heterocycles. The fourth-order valence-electron chi connectivity index (χ4n) is 0. The molecule has 0 aromatic heterocycles. The van der Waals surface area contributed by atoms with Crippen LogP contribution in [0, 0.1) is 0 Å². The molecule has 0 bridgehead atoms. The molecule has 0 spiro atoms. The molecule has 728 valence electrons. The minimum absolute atomic E-state index is 0. The second-order valence-corrected chi connectivity index (χ2v) is 0. The van der Waals surface area contributed by atoms with Crippen molar-refractivity contribution in [3.63, 3.8) is 0 Å². The van der Waals surface area contributed by atoms with Crippen molar-refractivity contribution in [3.05, 3.63) is 0 Å². The van der Waals surface area contributed by atoms with Crippen molar-refractivity contribution in [1.82, 2.24) is 0 Å². The summed E-state index contributed by atoms with van der Waals surface area (Å²) in [6.07, 6.45) is 0. The van der Waals surface area contributed by atoms with Gasteiger partial charge < -0.3 is 383 Å². The predicted molar refractivity (Wildman–Crippen MR) is 275 cm³/mol. The number of hydrogen-bond acceptors (Lipinski definition) is 0. The largest absolute Gasteiger partial charge is 1.00 e. The Labute approximate surface area is 1330 Å². The molecular weight excluding hydrogens is 5140 g/mol. The van der Waals surface area contributed by atoms with Crippen molar-refractivity contribution < 1.29 is 1340 Å². The molecule has 140 N–H and O–H groups in total. The standard InChI is InChI=1S/4Cu.10K.70H2O.2H3P.18W/h;;;;;;;;;;;;;;70*1H2;2*1H3;;;;;;;;;;;;;;;;;;/q;;;;10*+1;;;;;;;;;;;;;;;;;;;;;;;;;;;;;;;;;;;;;;;;;;;;;;;;;;;;;;;;;;;;;;;;;;;;;;;;;;;;;;;;;;;;;;;;;;. The molecular formula is H146Cu4K10O70P2W18+10.